The minimum absolute atomic E-state index is 0.166. The van der Waals surface area contributed by atoms with Crippen LogP contribution in [-0.4, -0.2) is 63.5 Å². The first kappa shape index (κ1) is 15.7. The van der Waals surface area contributed by atoms with Gasteiger partial charge < -0.3 is 25.0 Å². The van der Waals surface area contributed by atoms with Gasteiger partial charge in [-0.05, 0) is 12.8 Å². The van der Waals surface area contributed by atoms with Gasteiger partial charge in [0.25, 0.3) is 0 Å². The van der Waals surface area contributed by atoms with Crippen molar-refractivity contribution in [1.82, 2.24) is 15.5 Å². The molecule has 0 atom stereocenters. The molecule has 1 rings (SSSR count). The lowest BCUT2D eigenvalue weighted by Crippen LogP contribution is -2.38. The zero-order chi connectivity index (χ0) is 13.9. The lowest BCUT2D eigenvalue weighted by molar-refractivity contribution is -0.127. The third-order valence-electron chi connectivity index (χ3n) is 2.83. The fourth-order valence-electron chi connectivity index (χ4n) is 1.81. The molecule has 3 amide bonds. The smallest absolute Gasteiger partial charge is 0.316 e. The topological polar surface area (TPSA) is 79.9 Å². The summed E-state index contributed by atoms with van der Waals surface area (Å²) in [7, 11) is 1.59. The summed E-state index contributed by atoms with van der Waals surface area (Å²) < 4.78 is 9.90. The number of rotatable bonds is 9. The van der Waals surface area contributed by atoms with E-state index in [1.165, 1.54) is 0 Å². The van der Waals surface area contributed by atoms with Crippen molar-refractivity contribution in [1.29, 1.82) is 0 Å². The Bertz CT molecular complexity index is 286. The lowest BCUT2D eigenvalue weighted by atomic mass is 10.4. The normalized spacial score (nSPS) is 14.8. The average Bonchev–Trinajstić information content (AvgIpc) is 2.80. The number of carbonyl (C=O) groups is 2. The van der Waals surface area contributed by atoms with Gasteiger partial charge in [-0.15, -0.1) is 0 Å². The van der Waals surface area contributed by atoms with Crippen LogP contribution in [0.5, 0.6) is 0 Å². The van der Waals surface area contributed by atoms with Gasteiger partial charge in [-0.1, -0.05) is 0 Å². The van der Waals surface area contributed by atoms with Crippen LogP contribution in [0.1, 0.15) is 19.3 Å². The van der Waals surface area contributed by atoms with E-state index in [0.29, 0.717) is 32.7 Å². The van der Waals surface area contributed by atoms with Crippen LogP contribution in [0.15, 0.2) is 0 Å². The van der Waals surface area contributed by atoms with E-state index >= 15 is 0 Å². The number of hydrogen-bond acceptors (Lipinski definition) is 4. The van der Waals surface area contributed by atoms with E-state index in [1.807, 2.05) is 4.90 Å². The molecule has 1 aliphatic heterocycles. The Hall–Kier alpha value is -1.34. The summed E-state index contributed by atoms with van der Waals surface area (Å²) in [6, 6.07) is -0.259. The van der Waals surface area contributed by atoms with E-state index in [-0.39, 0.29) is 18.7 Å². The zero-order valence-corrected chi connectivity index (χ0v) is 11.4. The molecular formula is C12H23N3O4. The quantitative estimate of drug-likeness (QED) is 0.455. The Labute approximate surface area is 113 Å². The Morgan fingerprint density at radius 1 is 1.37 bits per heavy atom. The van der Waals surface area contributed by atoms with Crippen molar-refractivity contribution in [2.75, 3.05) is 46.7 Å². The number of hydrogen-bond donors (Lipinski definition) is 2. The predicted octanol–water partition coefficient (Wildman–Crippen LogP) is -0.0814. The molecule has 1 heterocycles. The van der Waals surface area contributed by atoms with Gasteiger partial charge in [0.1, 0.15) is 6.73 Å². The van der Waals surface area contributed by atoms with Crippen LogP contribution in [0.2, 0.25) is 0 Å². The highest BCUT2D eigenvalue weighted by atomic mass is 16.5. The van der Waals surface area contributed by atoms with Crippen molar-refractivity contribution in [2.24, 2.45) is 0 Å². The van der Waals surface area contributed by atoms with Crippen molar-refractivity contribution >= 4 is 11.9 Å². The van der Waals surface area contributed by atoms with E-state index in [9.17, 15) is 9.59 Å². The lowest BCUT2D eigenvalue weighted by Gasteiger charge is -2.15. The third-order valence-corrected chi connectivity index (χ3v) is 2.83. The van der Waals surface area contributed by atoms with Crippen molar-refractivity contribution in [2.45, 2.75) is 19.3 Å². The molecule has 0 radical (unpaired) electrons. The Morgan fingerprint density at radius 3 is 2.89 bits per heavy atom. The number of urea groups is 1. The van der Waals surface area contributed by atoms with Crippen LogP contribution in [0, 0.1) is 0 Å². The number of likely N-dealkylation sites (tertiary alicyclic amines) is 1. The van der Waals surface area contributed by atoms with Gasteiger partial charge in [-0.25, -0.2) is 4.79 Å². The van der Waals surface area contributed by atoms with E-state index in [0.717, 1.165) is 19.4 Å². The van der Waals surface area contributed by atoms with Crippen LogP contribution < -0.4 is 10.6 Å². The van der Waals surface area contributed by atoms with E-state index < -0.39 is 0 Å². The second-order valence-electron chi connectivity index (χ2n) is 4.32. The Morgan fingerprint density at radius 2 is 2.21 bits per heavy atom. The zero-order valence-electron chi connectivity index (χ0n) is 11.4. The third kappa shape index (κ3) is 6.97. The molecule has 2 N–H and O–H groups in total. The summed E-state index contributed by atoms with van der Waals surface area (Å²) in [5, 5.41) is 5.28. The minimum Gasteiger partial charge on any atom is -0.382 e. The van der Waals surface area contributed by atoms with Crippen molar-refractivity contribution in [3.05, 3.63) is 0 Å². The van der Waals surface area contributed by atoms with Crippen LogP contribution in [0.25, 0.3) is 0 Å². The maximum absolute atomic E-state index is 11.3. The molecule has 0 unspecified atom stereocenters. The average molecular weight is 273 g/mol. The summed E-state index contributed by atoms with van der Waals surface area (Å²) in [5.74, 6) is 0.219. The summed E-state index contributed by atoms with van der Waals surface area (Å²) in [5.41, 5.74) is 0. The maximum atomic E-state index is 11.3. The molecule has 0 aromatic rings. The van der Waals surface area contributed by atoms with E-state index in [2.05, 4.69) is 10.6 Å². The summed E-state index contributed by atoms with van der Waals surface area (Å²) in [6.45, 7) is 3.23. The van der Waals surface area contributed by atoms with Crippen LogP contribution >= 0.6 is 0 Å². The van der Waals surface area contributed by atoms with Gasteiger partial charge in [0, 0.05) is 33.2 Å². The van der Waals surface area contributed by atoms with E-state index in [1.54, 1.807) is 7.11 Å². The molecule has 0 aromatic heterocycles. The molecule has 0 aromatic carbocycles. The van der Waals surface area contributed by atoms with Crippen LogP contribution in [0.4, 0.5) is 4.79 Å². The molecular weight excluding hydrogens is 250 g/mol. The SMILES string of the molecule is COCCOCNC(=O)NCCCN1CCCC1=O. The van der Waals surface area contributed by atoms with Gasteiger partial charge in [-0.2, -0.15) is 0 Å². The molecule has 0 aliphatic carbocycles. The molecule has 1 saturated heterocycles. The largest absolute Gasteiger partial charge is 0.382 e. The standard InChI is InChI=1S/C12H23N3O4/c1-18-8-9-19-10-14-12(17)13-5-3-7-15-6-2-4-11(15)16/h2-10H2,1H3,(H2,13,14,17). The highest BCUT2D eigenvalue weighted by molar-refractivity contribution is 5.78. The first-order chi connectivity index (χ1) is 9.24. The molecule has 110 valence electrons. The molecule has 7 nitrogen and oxygen atoms in total. The number of ether oxygens (including phenoxy) is 2. The highest BCUT2D eigenvalue weighted by Gasteiger charge is 2.18. The number of nitrogens with zero attached hydrogens (tertiary/aromatic N) is 1. The fourth-order valence-corrected chi connectivity index (χ4v) is 1.81. The number of carbonyl (C=O) groups excluding carboxylic acids is 2. The van der Waals surface area contributed by atoms with Gasteiger partial charge in [0.15, 0.2) is 0 Å². The fraction of sp³-hybridized carbons (Fsp3) is 0.833. The first-order valence-electron chi connectivity index (χ1n) is 6.60. The summed E-state index contributed by atoms with van der Waals surface area (Å²) in [4.78, 5) is 24.5. The second kappa shape index (κ2) is 9.57. The molecule has 0 saturated carbocycles. The Balaban J connectivity index is 1.91. The van der Waals surface area contributed by atoms with Crippen LogP contribution in [-0.2, 0) is 14.3 Å². The van der Waals surface area contributed by atoms with E-state index in [4.69, 9.17) is 9.47 Å². The molecule has 1 fully saturated rings. The highest BCUT2D eigenvalue weighted by Crippen LogP contribution is 2.09. The van der Waals surface area contributed by atoms with Crippen molar-refractivity contribution in [3.8, 4) is 0 Å². The molecule has 0 spiro atoms. The van der Waals surface area contributed by atoms with Crippen molar-refractivity contribution < 1.29 is 19.1 Å². The molecule has 1 aliphatic rings. The molecule has 7 heteroatoms. The monoisotopic (exact) mass is 273 g/mol. The minimum atomic E-state index is -0.259. The molecule has 0 bridgehead atoms. The molecule has 19 heavy (non-hydrogen) atoms. The maximum Gasteiger partial charge on any atom is 0.316 e. The second-order valence-corrected chi connectivity index (χ2v) is 4.32. The van der Waals surface area contributed by atoms with Gasteiger partial charge in [-0.3, -0.25) is 4.79 Å². The predicted molar refractivity (Wildman–Crippen MR) is 69.7 cm³/mol. The summed E-state index contributed by atoms with van der Waals surface area (Å²) in [6.07, 6.45) is 2.38. The van der Waals surface area contributed by atoms with Gasteiger partial charge in [0.2, 0.25) is 5.91 Å². The number of nitrogens with one attached hydrogen (secondary N) is 2. The van der Waals surface area contributed by atoms with Gasteiger partial charge >= 0.3 is 6.03 Å². The van der Waals surface area contributed by atoms with Gasteiger partial charge in [0.05, 0.1) is 13.2 Å². The number of methoxy groups -OCH3 is 1. The summed E-state index contributed by atoms with van der Waals surface area (Å²) >= 11 is 0. The van der Waals surface area contributed by atoms with Crippen LogP contribution in [0.3, 0.4) is 0 Å². The Kier molecular flexibility index (Phi) is 7.92. The first-order valence-corrected chi connectivity index (χ1v) is 6.60. The van der Waals surface area contributed by atoms with Crippen molar-refractivity contribution in [3.63, 3.8) is 0 Å². The number of amides is 3.